The van der Waals surface area contributed by atoms with Crippen molar-refractivity contribution in [3.05, 3.63) is 29.8 Å². The largest absolute Gasteiger partial charge is 0.480 e. The Balaban J connectivity index is 1.65. The van der Waals surface area contributed by atoms with Gasteiger partial charge in [-0.25, -0.2) is 9.59 Å². The smallest absolute Gasteiger partial charge is 0.326 e. The molecule has 0 radical (unpaired) electrons. The lowest BCUT2D eigenvalue weighted by Crippen LogP contribution is -2.52. The highest BCUT2D eigenvalue weighted by atomic mass is 16.4. The second kappa shape index (κ2) is 7.98. The molecule has 2 atom stereocenters. The van der Waals surface area contributed by atoms with Crippen LogP contribution < -0.4 is 5.32 Å². The van der Waals surface area contributed by atoms with Crippen LogP contribution in [0.15, 0.2) is 24.3 Å². The normalized spacial score (nSPS) is 20.7. The van der Waals surface area contributed by atoms with E-state index in [1.165, 1.54) is 4.90 Å². The first-order valence-electron chi connectivity index (χ1n) is 9.54. The Morgan fingerprint density at radius 2 is 2.00 bits per heavy atom. The Hall–Kier alpha value is -2.57. The number of carbonyl (C=O) groups is 3. The van der Waals surface area contributed by atoms with Gasteiger partial charge in [0.05, 0.1) is 5.92 Å². The summed E-state index contributed by atoms with van der Waals surface area (Å²) in [5.74, 6) is -1.47. The van der Waals surface area contributed by atoms with Gasteiger partial charge in [-0.3, -0.25) is 4.79 Å². The van der Waals surface area contributed by atoms with Gasteiger partial charge in [0.15, 0.2) is 0 Å². The summed E-state index contributed by atoms with van der Waals surface area (Å²) in [4.78, 5) is 40.2. The number of aryl methyl sites for hydroxylation is 1. The number of nitrogens with one attached hydrogen (secondary N) is 1. The zero-order valence-corrected chi connectivity index (χ0v) is 15.9. The highest BCUT2D eigenvalue weighted by Gasteiger charge is 2.42. The molecule has 2 unspecified atom stereocenters. The van der Waals surface area contributed by atoms with Crippen molar-refractivity contribution in [3.8, 4) is 0 Å². The molecule has 146 valence electrons. The molecule has 0 aromatic heterocycles. The van der Waals surface area contributed by atoms with Gasteiger partial charge in [0, 0.05) is 24.8 Å². The number of piperidine rings is 1. The fourth-order valence-corrected chi connectivity index (χ4v) is 3.66. The molecule has 27 heavy (non-hydrogen) atoms. The third-order valence-electron chi connectivity index (χ3n) is 5.30. The SMILES string of the molecule is Cc1cccc(NC(=O)N2CCCC(C(=O)N(C3CC3)C(C)C(=O)O)C2)c1. The maximum Gasteiger partial charge on any atom is 0.326 e. The molecular weight excluding hydrogens is 346 g/mol. The van der Waals surface area contributed by atoms with Crippen molar-refractivity contribution in [2.75, 3.05) is 18.4 Å². The second-order valence-corrected chi connectivity index (χ2v) is 7.58. The summed E-state index contributed by atoms with van der Waals surface area (Å²) in [6.45, 7) is 4.44. The molecule has 2 aliphatic rings. The van der Waals surface area contributed by atoms with Gasteiger partial charge in [-0.1, -0.05) is 12.1 Å². The van der Waals surface area contributed by atoms with Crippen molar-refractivity contribution in [1.29, 1.82) is 0 Å². The van der Waals surface area contributed by atoms with Crippen LogP contribution in [0.3, 0.4) is 0 Å². The van der Waals surface area contributed by atoms with E-state index in [0.717, 1.165) is 30.5 Å². The first kappa shape index (κ1) is 19.2. The van der Waals surface area contributed by atoms with Gasteiger partial charge in [-0.15, -0.1) is 0 Å². The van der Waals surface area contributed by atoms with Gasteiger partial charge in [-0.2, -0.15) is 0 Å². The number of likely N-dealkylation sites (tertiary alicyclic amines) is 1. The fourth-order valence-electron chi connectivity index (χ4n) is 3.66. The topological polar surface area (TPSA) is 90.0 Å². The van der Waals surface area contributed by atoms with Crippen LogP contribution in [0.4, 0.5) is 10.5 Å². The Morgan fingerprint density at radius 1 is 1.26 bits per heavy atom. The van der Waals surface area contributed by atoms with Crippen LogP contribution in [0, 0.1) is 12.8 Å². The molecule has 1 saturated carbocycles. The first-order valence-corrected chi connectivity index (χ1v) is 9.54. The molecule has 2 N–H and O–H groups in total. The summed E-state index contributed by atoms with van der Waals surface area (Å²) in [7, 11) is 0. The van der Waals surface area contributed by atoms with Crippen LogP contribution in [-0.2, 0) is 9.59 Å². The van der Waals surface area contributed by atoms with Gasteiger partial charge in [0.2, 0.25) is 5.91 Å². The standard InChI is InChI=1S/C20H27N3O4/c1-13-5-3-7-16(11-13)21-20(27)22-10-4-6-15(12-22)18(24)23(17-8-9-17)14(2)19(25)26/h3,5,7,11,14-15,17H,4,6,8-10,12H2,1-2H3,(H,21,27)(H,25,26). The molecule has 1 heterocycles. The lowest BCUT2D eigenvalue weighted by Gasteiger charge is -2.36. The van der Waals surface area contributed by atoms with Crippen molar-refractivity contribution < 1.29 is 19.5 Å². The highest BCUT2D eigenvalue weighted by Crippen LogP contribution is 2.32. The Bertz CT molecular complexity index is 732. The number of carboxylic acids is 1. The van der Waals surface area contributed by atoms with Crippen molar-refractivity contribution >= 4 is 23.6 Å². The fraction of sp³-hybridized carbons (Fsp3) is 0.550. The van der Waals surface area contributed by atoms with Crippen molar-refractivity contribution in [2.24, 2.45) is 5.92 Å². The average molecular weight is 373 g/mol. The van der Waals surface area contributed by atoms with E-state index in [1.54, 1.807) is 11.8 Å². The van der Waals surface area contributed by atoms with Gasteiger partial charge in [-0.05, 0) is 57.2 Å². The van der Waals surface area contributed by atoms with E-state index in [4.69, 9.17) is 0 Å². The number of nitrogens with zero attached hydrogens (tertiary/aromatic N) is 2. The molecule has 0 spiro atoms. The Labute approximate surface area is 159 Å². The van der Waals surface area contributed by atoms with E-state index in [-0.39, 0.29) is 23.9 Å². The molecular formula is C20H27N3O4. The van der Waals surface area contributed by atoms with Gasteiger partial charge < -0.3 is 20.2 Å². The molecule has 3 amide bonds. The molecule has 2 fully saturated rings. The van der Waals surface area contributed by atoms with Crippen LogP contribution in [0.25, 0.3) is 0 Å². The summed E-state index contributed by atoms with van der Waals surface area (Å²) in [5.41, 5.74) is 1.79. The molecule has 1 aliphatic carbocycles. The number of aliphatic carboxylic acids is 1. The highest BCUT2D eigenvalue weighted by molar-refractivity contribution is 5.90. The molecule has 1 aromatic rings. The minimum absolute atomic E-state index is 0.0279. The van der Waals surface area contributed by atoms with Gasteiger partial charge >= 0.3 is 12.0 Å². The number of carbonyl (C=O) groups excluding carboxylic acids is 2. The van der Waals surface area contributed by atoms with E-state index >= 15 is 0 Å². The number of rotatable bonds is 5. The van der Waals surface area contributed by atoms with Crippen molar-refractivity contribution in [1.82, 2.24) is 9.80 Å². The number of benzene rings is 1. The number of amides is 3. The predicted octanol–water partition coefficient (Wildman–Crippen LogP) is 2.70. The summed E-state index contributed by atoms with van der Waals surface area (Å²) in [5, 5.41) is 12.2. The van der Waals surface area contributed by atoms with Crippen LogP contribution in [0.5, 0.6) is 0 Å². The lowest BCUT2D eigenvalue weighted by molar-refractivity contribution is -0.152. The van der Waals surface area contributed by atoms with Crippen LogP contribution in [0.1, 0.15) is 38.2 Å². The Morgan fingerprint density at radius 3 is 2.63 bits per heavy atom. The predicted molar refractivity (Wildman–Crippen MR) is 101 cm³/mol. The summed E-state index contributed by atoms with van der Waals surface area (Å²) >= 11 is 0. The van der Waals surface area contributed by atoms with Crippen LogP contribution >= 0.6 is 0 Å². The monoisotopic (exact) mass is 373 g/mol. The summed E-state index contributed by atoms with van der Waals surface area (Å²) < 4.78 is 0. The van der Waals surface area contributed by atoms with Crippen molar-refractivity contribution in [2.45, 2.75) is 51.6 Å². The van der Waals surface area contributed by atoms with Crippen LogP contribution in [0.2, 0.25) is 0 Å². The minimum atomic E-state index is -0.986. The zero-order chi connectivity index (χ0) is 19.6. The third kappa shape index (κ3) is 4.59. The maximum atomic E-state index is 13.0. The zero-order valence-electron chi connectivity index (χ0n) is 15.9. The number of hydrogen-bond donors (Lipinski definition) is 2. The number of hydrogen-bond acceptors (Lipinski definition) is 3. The summed E-state index contributed by atoms with van der Waals surface area (Å²) in [6.07, 6.45) is 3.13. The molecule has 1 aliphatic heterocycles. The van der Waals surface area contributed by atoms with Gasteiger partial charge in [0.1, 0.15) is 6.04 Å². The number of anilines is 1. The van der Waals surface area contributed by atoms with E-state index in [9.17, 15) is 19.5 Å². The van der Waals surface area contributed by atoms with E-state index in [1.807, 2.05) is 31.2 Å². The Kier molecular flexibility index (Phi) is 5.68. The minimum Gasteiger partial charge on any atom is -0.480 e. The lowest BCUT2D eigenvalue weighted by atomic mass is 9.96. The van der Waals surface area contributed by atoms with Gasteiger partial charge in [0.25, 0.3) is 0 Å². The maximum absolute atomic E-state index is 13.0. The second-order valence-electron chi connectivity index (χ2n) is 7.58. The van der Waals surface area contributed by atoms with E-state index in [0.29, 0.717) is 19.5 Å². The number of urea groups is 1. The van der Waals surface area contributed by atoms with E-state index < -0.39 is 12.0 Å². The van der Waals surface area contributed by atoms with E-state index in [2.05, 4.69) is 5.32 Å². The average Bonchev–Trinajstić information content (AvgIpc) is 3.46. The molecule has 1 saturated heterocycles. The molecule has 7 nitrogen and oxygen atoms in total. The molecule has 7 heteroatoms. The first-order chi connectivity index (χ1) is 12.9. The molecule has 0 bridgehead atoms. The van der Waals surface area contributed by atoms with Crippen molar-refractivity contribution in [3.63, 3.8) is 0 Å². The quantitative estimate of drug-likeness (QED) is 0.830. The molecule has 3 rings (SSSR count). The van der Waals surface area contributed by atoms with Crippen LogP contribution in [-0.4, -0.2) is 58.0 Å². The number of carboxylic acid groups (broad SMARTS) is 1. The summed E-state index contributed by atoms with van der Waals surface area (Å²) in [6, 6.07) is 6.55. The third-order valence-corrected chi connectivity index (χ3v) is 5.30. The molecule has 1 aromatic carbocycles.